The maximum atomic E-state index is 12.7. The van der Waals surface area contributed by atoms with Crippen molar-refractivity contribution in [2.45, 2.75) is 44.8 Å². The van der Waals surface area contributed by atoms with E-state index in [4.69, 9.17) is 9.15 Å². The molecule has 0 saturated carbocycles. The van der Waals surface area contributed by atoms with E-state index in [-0.39, 0.29) is 17.8 Å². The minimum atomic E-state index is -1.44. The van der Waals surface area contributed by atoms with Gasteiger partial charge < -0.3 is 34.5 Å². The first-order valence-corrected chi connectivity index (χ1v) is 11.4. The van der Waals surface area contributed by atoms with Gasteiger partial charge in [0.2, 0.25) is 0 Å². The highest BCUT2D eigenvalue weighted by atomic mass is 16.5. The van der Waals surface area contributed by atoms with Gasteiger partial charge >= 0.3 is 5.63 Å². The fourth-order valence-corrected chi connectivity index (χ4v) is 4.63. The molecule has 1 aliphatic rings. The average Bonchev–Trinajstić information content (AvgIpc) is 3.46. The van der Waals surface area contributed by atoms with Crippen LogP contribution in [-0.4, -0.2) is 34.1 Å². The van der Waals surface area contributed by atoms with Crippen LogP contribution in [0.2, 0.25) is 0 Å². The second kappa shape index (κ2) is 8.83. The number of amides is 1. The van der Waals surface area contributed by atoms with Gasteiger partial charge in [0.25, 0.3) is 5.91 Å². The van der Waals surface area contributed by atoms with Crippen LogP contribution in [0.25, 0.3) is 21.9 Å². The van der Waals surface area contributed by atoms with E-state index in [2.05, 4.69) is 10.3 Å². The van der Waals surface area contributed by atoms with E-state index in [0.717, 1.165) is 34.9 Å². The van der Waals surface area contributed by atoms with E-state index in [0.29, 0.717) is 28.7 Å². The van der Waals surface area contributed by atoms with E-state index < -0.39 is 24.0 Å². The van der Waals surface area contributed by atoms with Crippen molar-refractivity contribution in [1.29, 1.82) is 0 Å². The number of carboxylic acid groups (broad SMARTS) is 1. The number of carboxylic acids is 1. The predicted octanol–water partition coefficient (Wildman–Crippen LogP) is 1.71. The number of nitrogens with one attached hydrogen (secondary N) is 2. The van der Waals surface area contributed by atoms with Crippen molar-refractivity contribution < 1.29 is 29.0 Å². The molecule has 2 heterocycles. The van der Waals surface area contributed by atoms with Gasteiger partial charge in [-0.2, -0.15) is 0 Å². The number of ether oxygens (including phenoxy) is 1. The van der Waals surface area contributed by atoms with Crippen molar-refractivity contribution in [1.82, 2.24) is 10.3 Å². The number of aliphatic carboxylic acids is 1. The molecule has 2 aromatic heterocycles. The molecule has 9 heteroatoms. The largest absolute Gasteiger partial charge is 0.548 e. The minimum Gasteiger partial charge on any atom is -0.548 e. The molecule has 2 aromatic carbocycles. The first-order valence-electron chi connectivity index (χ1n) is 11.4. The van der Waals surface area contributed by atoms with Gasteiger partial charge in [-0.3, -0.25) is 4.79 Å². The Morgan fingerprint density at radius 3 is 2.77 bits per heavy atom. The number of benzene rings is 2. The van der Waals surface area contributed by atoms with Gasteiger partial charge in [-0.1, -0.05) is 0 Å². The molecule has 35 heavy (non-hydrogen) atoms. The second-order valence-electron chi connectivity index (χ2n) is 8.75. The summed E-state index contributed by atoms with van der Waals surface area (Å²) in [6.07, 6.45) is 3.00. The maximum absolute atomic E-state index is 12.7. The smallest absolute Gasteiger partial charge is 0.339 e. The first-order chi connectivity index (χ1) is 16.8. The fraction of sp³-hybridized carbons (Fsp3) is 0.269. The van der Waals surface area contributed by atoms with Gasteiger partial charge in [-0.25, -0.2) is 4.79 Å². The lowest BCUT2D eigenvalue weighted by Crippen LogP contribution is -2.52. The number of aryl methyl sites for hydroxylation is 1. The predicted molar refractivity (Wildman–Crippen MR) is 125 cm³/mol. The van der Waals surface area contributed by atoms with Crippen LogP contribution in [0.5, 0.6) is 11.5 Å². The SMILES string of the molecule is C[C@H](Oc1ccc2c3c(c(=O)oc2c1)CCC3)C(=O)N[C@@H](Cc1c[nH]c2ccc(O)cc12)C(=O)[O-]. The van der Waals surface area contributed by atoms with E-state index in [1.165, 1.54) is 19.1 Å². The number of aromatic amines is 1. The number of fused-ring (bicyclic) bond motifs is 4. The summed E-state index contributed by atoms with van der Waals surface area (Å²) in [7, 11) is 0. The van der Waals surface area contributed by atoms with Crippen molar-refractivity contribution in [3.8, 4) is 11.5 Å². The number of aromatic nitrogens is 1. The summed E-state index contributed by atoms with van der Waals surface area (Å²) in [6.45, 7) is 1.49. The summed E-state index contributed by atoms with van der Waals surface area (Å²) in [5.74, 6) is -1.72. The Kier molecular flexibility index (Phi) is 5.68. The Bertz CT molecular complexity index is 1520. The van der Waals surface area contributed by atoms with Crippen molar-refractivity contribution in [3.05, 3.63) is 69.7 Å². The second-order valence-corrected chi connectivity index (χ2v) is 8.75. The van der Waals surface area contributed by atoms with E-state index in [1.54, 1.807) is 30.5 Å². The van der Waals surface area contributed by atoms with Crippen molar-refractivity contribution in [2.24, 2.45) is 0 Å². The minimum absolute atomic E-state index is 0.0452. The molecular weight excluding hydrogens is 452 g/mol. The molecule has 0 spiro atoms. The third kappa shape index (κ3) is 4.32. The van der Waals surface area contributed by atoms with Crippen LogP contribution in [0, 0.1) is 0 Å². The van der Waals surface area contributed by atoms with Crippen molar-refractivity contribution >= 4 is 33.7 Å². The highest BCUT2D eigenvalue weighted by molar-refractivity contribution is 5.88. The average molecular weight is 475 g/mol. The van der Waals surface area contributed by atoms with Crippen LogP contribution >= 0.6 is 0 Å². The lowest BCUT2D eigenvalue weighted by Gasteiger charge is -2.22. The molecule has 9 nitrogen and oxygen atoms in total. The summed E-state index contributed by atoms with van der Waals surface area (Å²) in [5, 5.41) is 25.5. The highest BCUT2D eigenvalue weighted by Crippen LogP contribution is 2.30. The number of aromatic hydroxyl groups is 1. The number of carbonyl (C=O) groups excluding carboxylic acids is 2. The van der Waals surface area contributed by atoms with Gasteiger partial charge in [0.1, 0.15) is 17.1 Å². The van der Waals surface area contributed by atoms with Crippen LogP contribution < -0.4 is 20.8 Å². The molecular formula is C26H23N2O7-. The number of H-pyrrole nitrogens is 1. The van der Waals surface area contributed by atoms with Crippen LogP contribution in [0.15, 0.2) is 51.8 Å². The summed E-state index contributed by atoms with van der Waals surface area (Å²) < 4.78 is 11.2. The molecule has 3 N–H and O–H groups in total. The number of phenolic OH excluding ortho intramolecular Hbond substituents is 1. The molecule has 0 fully saturated rings. The maximum Gasteiger partial charge on any atom is 0.339 e. The zero-order chi connectivity index (χ0) is 24.7. The third-order valence-electron chi connectivity index (χ3n) is 6.40. The van der Waals surface area contributed by atoms with Gasteiger partial charge in [0.05, 0.1) is 12.0 Å². The highest BCUT2D eigenvalue weighted by Gasteiger charge is 2.23. The number of rotatable bonds is 7. The quantitative estimate of drug-likeness (QED) is 0.345. The van der Waals surface area contributed by atoms with Crippen LogP contribution in [0.4, 0.5) is 0 Å². The molecule has 2 atom stereocenters. The number of carbonyl (C=O) groups is 2. The van der Waals surface area contributed by atoms with Crippen LogP contribution in [0.3, 0.4) is 0 Å². The molecule has 1 amide bonds. The molecule has 1 aliphatic carbocycles. The van der Waals surface area contributed by atoms with E-state index in [1.807, 2.05) is 0 Å². The number of hydrogen-bond donors (Lipinski definition) is 3. The molecule has 4 aromatic rings. The summed E-state index contributed by atoms with van der Waals surface area (Å²) in [4.78, 5) is 39.7. The molecule has 0 radical (unpaired) electrons. The summed E-state index contributed by atoms with van der Waals surface area (Å²) >= 11 is 0. The molecule has 0 unspecified atom stereocenters. The molecule has 0 bridgehead atoms. The Morgan fingerprint density at radius 1 is 1.17 bits per heavy atom. The molecule has 5 rings (SSSR count). The van der Waals surface area contributed by atoms with Gasteiger partial charge in [-0.05, 0) is 67.6 Å². The first kappa shape index (κ1) is 22.5. The van der Waals surface area contributed by atoms with E-state index in [9.17, 15) is 24.6 Å². The van der Waals surface area contributed by atoms with Gasteiger partial charge in [-0.15, -0.1) is 0 Å². The number of hydrogen-bond acceptors (Lipinski definition) is 7. The van der Waals surface area contributed by atoms with Crippen molar-refractivity contribution in [3.63, 3.8) is 0 Å². The lowest BCUT2D eigenvalue weighted by molar-refractivity contribution is -0.308. The zero-order valence-corrected chi connectivity index (χ0v) is 18.9. The van der Waals surface area contributed by atoms with E-state index >= 15 is 0 Å². The standard InChI is InChI=1S/C26H24N2O7/c1-13(34-16-6-7-18-17-3-2-4-19(17)26(33)35-23(18)11-16)24(30)28-22(25(31)32)9-14-12-27-21-8-5-15(29)10-20(14)21/h5-8,10-13,22,27,29H,2-4,9H2,1H3,(H,28,30)(H,31,32)/p-1/t13-,22-/m0/s1. The van der Waals surface area contributed by atoms with Gasteiger partial charge in [0, 0.05) is 40.5 Å². The van der Waals surface area contributed by atoms with Crippen LogP contribution in [-0.2, 0) is 28.9 Å². The topological polar surface area (TPSA) is 145 Å². The summed E-state index contributed by atoms with van der Waals surface area (Å²) in [6, 6.07) is 8.47. The monoisotopic (exact) mass is 475 g/mol. The zero-order valence-electron chi connectivity index (χ0n) is 18.9. The fourth-order valence-electron chi connectivity index (χ4n) is 4.63. The lowest BCUT2D eigenvalue weighted by atomic mass is 10.0. The molecule has 0 saturated heterocycles. The molecule has 0 aliphatic heterocycles. The Hall–Kier alpha value is -4.27. The van der Waals surface area contributed by atoms with Crippen LogP contribution in [0.1, 0.15) is 30.0 Å². The van der Waals surface area contributed by atoms with Crippen molar-refractivity contribution in [2.75, 3.05) is 0 Å². The number of phenols is 1. The Morgan fingerprint density at radius 2 is 1.97 bits per heavy atom. The van der Waals surface area contributed by atoms with Gasteiger partial charge in [0.15, 0.2) is 6.10 Å². The Balaban J connectivity index is 1.30. The third-order valence-corrected chi connectivity index (χ3v) is 6.40. The normalized spacial score (nSPS) is 14.5. The molecule has 180 valence electrons. The summed E-state index contributed by atoms with van der Waals surface area (Å²) in [5.41, 5.74) is 3.09. The Labute approximate surface area is 199 Å².